The third-order valence-corrected chi connectivity index (χ3v) is 4.65. The van der Waals surface area contributed by atoms with Crippen LogP contribution >= 0.6 is 46.4 Å². The Bertz CT molecular complexity index is 640. The standard InChI is InChI=1S/C15H13Cl4N/c1-8-3-6-13(12(17)7-8)20-9(2)10-4-5-11(16)15(19)14(10)18/h3-7,9,20H,1-2H3. The largest absolute Gasteiger partial charge is 0.377 e. The van der Waals surface area contributed by atoms with Gasteiger partial charge in [-0.15, -0.1) is 0 Å². The van der Waals surface area contributed by atoms with Crippen molar-refractivity contribution in [3.63, 3.8) is 0 Å². The Morgan fingerprint density at radius 1 is 0.900 bits per heavy atom. The Morgan fingerprint density at radius 2 is 1.60 bits per heavy atom. The van der Waals surface area contributed by atoms with Crippen LogP contribution in [0.3, 0.4) is 0 Å². The first-order valence-corrected chi connectivity index (χ1v) is 7.57. The number of nitrogens with one attached hydrogen (secondary N) is 1. The number of hydrogen-bond acceptors (Lipinski definition) is 1. The van der Waals surface area contributed by atoms with E-state index in [2.05, 4.69) is 5.32 Å². The molecule has 5 heteroatoms. The molecule has 0 aliphatic carbocycles. The van der Waals surface area contributed by atoms with Gasteiger partial charge in [0.2, 0.25) is 0 Å². The summed E-state index contributed by atoms with van der Waals surface area (Å²) in [5, 5.41) is 5.27. The monoisotopic (exact) mass is 347 g/mol. The zero-order valence-corrected chi connectivity index (χ0v) is 14.0. The number of anilines is 1. The summed E-state index contributed by atoms with van der Waals surface area (Å²) in [5.41, 5.74) is 2.84. The van der Waals surface area contributed by atoms with Crippen LogP contribution in [0.15, 0.2) is 30.3 Å². The maximum Gasteiger partial charge on any atom is 0.0782 e. The molecule has 1 unspecified atom stereocenters. The van der Waals surface area contributed by atoms with Crippen LogP contribution in [0.25, 0.3) is 0 Å². The van der Waals surface area contributed by atoms with Crippen LogP contribution in [0.4, 0.5) is 5.69 Å². The lowest BCUT2D eigenvalue weighted by molar-refractivity contribution is 0.885. The van der Waals surface area contributed by atoms with Gasteiger partial charge in [-0.2, -0.15) is 0 Å². The summed E-state index contributed by atoms with van der Waals surface area (Å²) in [6.45, 7) is 3.98. The van der Waals surface area contributed by atoms with Crippen molar-refractivity contribution < 1.29 is 0 Å². The Kier molecular flexibility index (Phi) is 5.09. The molecule has 0 aromatic heterocycles. The Labute approximate surface area is 138 Å². The molecule has 0 heterocycles. The fourth-order valence-corrected chi connectivity index (χ4v) is 2.92. The SMILES string of the molecule is Cc1ccc(NC(C)c2ccc(Cl)c(Cl)c2Cl)c(Cl)c1. The van der Waals surface area contributed by atoms with Crippen molar-refractivity contribution in [3.05, 3.63) is 61.5 Å². The maximum absolute atomic E-state index is 6.24. The van der Waals surface area contributed by atoms with Crippen molar-refractivity contribution in [2.45, 2.75) is 19.9 Å². The fourth-order valence-electron chi connectivity index (χ4n) is 1.92. The van der Waals surface area contributed by atoms with E-state index in [1.54, 1.807) is 6.07 Å². The maximum atomic E-state index is 6.24. The third-order valence-electron chi connectivity index (χ3n) is 3.03. The molecule has 20 heavy (non-hydrogen) atoms. The summed E-state index contributed by atoms with van der Waals surface area (Å²) >= 11 is 24.4. The summed E-state index contributed by atoms with van der Waals surface area (Å²) in [6.07, 6.45) is 0. The fraction of sp³-hybridized carbons (Fsp3) is 0.200. The molecular weight excluding hydrogens is 336 g/mol. The molecule has 0 bridgehead atoms. The highest BCUT2D eigenvalue weighted by molar-refractivity contribution is 6.48. The van der Waals surface area contributed by atoms with Crippen LogP contribution in [0.2, 0.25) is 20.1 Å². The van der Waals surface area contributed by atoms with E-state index in [4.69, 9.17) is 46.4 Å². The molecule has 1 nitrogen and oxygen atoms in total. The highest BCUT2D eigenvalue weighted by atomic mass is 35.5. The van der Waals surface area contributed by atoms with E-state index in [-0.39, 0.29) is 6.04 Å². The molecule has 1 atom stereocenters. The average Bonchev–Trinajstić information content (AvgIpc) is 2.39. The molecule has 0 saturated heterocycles. The minimum absolute atomic E-state index is 0.0440. The van der Waals surface area contributed by atoms with Crippen molar-refractivity contribution in [1.82, 2.24) is 0 Å². The minimum Gasteiger partial charge on any atom is -0.377 e. The second kappa shape index (κ2) is 6.44. The van der Waals surface area contributed by atoms with Gasteiger partial charge in [0, 0.05) is 0 Å². The summed E-state index contributed by atoms with van der Waals surface area (Å²) in [5.74, 6) is 0. The average molecular weight is 349 g/mol. The first-order valence-electron chi connectivity index (χ1n) is 6.06. The molecule has 106 valence electrons. The van der Waals surface area contributed by atoms with E-state index in [1.807, 2.05) is 38.1 Å². The number of halogens is 4. The highest BCUT2D eigenvalue weighted by Gasteiger charge is 2.15. The van der Waals surface area contributed by atoms with Crippen LogP contribution < -0.4 is 5.32 Å². The van der Waals surface area contributed by atoms with Gasteiger partial charge in [-0.05, 0) is 43.2 Å². The van der Waals surface area contributed by atoms with Gasteiger partial charge in [-0.3, -0.25) is 0 Å². The summed E-state index contributed by atoms with van der Waals surface area (Å²) in [6, 6.07) is 9.40. The van der Waals surface area contributed by atoms with Crippen molar-refractivity contribution in [2.24, 2.45) is 0 Å². The van der Waals surface area contributed by atoms with Crippen LogP contribution in [0, 0.1) is 6.92 Å². The zero-order valence-electron chi connectivity index (χ0n) is 11.0. The second-order valence-electron chi connectivity index (χ2n) is 4.61. The van der Waals surface area contributed by atoms with Crippen LogP contribution in [-0.2, 0) is 0 Å². The van der Waals surface area contributed by atoms with Crippen molar-refractivity contribution in [2.75, 3.05) is 5.32 Å². The van der Waals surface area contributed by atoms with Crippen molar-refractivity contribution in [3.8, 4) is 0 Å². The Balaban J connectivity index is 2.28. The first-order chi connectivity index (χ1) is 9.40. The lowest BCUT2D eigenvalue weighted by atomic mass is 10.1. The molecule has 0 aliphatic rings. The second-order valence-corrected chi connectivity index (χ2v) is 6.18. The first kappa shape index (κ1) is 15.8. The summed E-state index contributed by atoms with van der Waals surface area (Å²) < 4.78 is 0. The van der Waals surface area contributed by atoms with Crippen LogP contribution in [0.1, 0.15) is 24.1 Å². The van der Waals surface area contributed by atoms with Gasteiger partial charge in [0.25, 0.3) is 0 Å². The van der Waals surface area contributed by atoms with Gasteiger partial charge in [-0.1, -0.05) is 58.5 Å². The number of aryl methyl sites for hydroxylation is 1. The highest BCUT2D eigenvalue weighted by Crippen LogP contribution is 2.37. The number of rotatable bonds is 3. The topological polar surface area (TPSA) is 12.0 Å². The van der Waals surface area contributed by atoms with Crippen molar-refractivity contribution in [1.29, 1.82) is 0 Å². The molecule has 0 radical (unpaired) electrons. The lowest BCUT2D eigenvalue weighted by Gasteiger charge is -2.19. The molecule has 0 saturated carbocycles. The summed E-state index contributed by atoms with van der Waals surface area (Å²) in [7, 11) is 0. The molecule has 1 N–H and O–H groups in total. The molecule has 0 spiro atoms. The molecule has 2 aromatic carbocycles. The zero-order chi connectivity index (χ0) is 14.9. The van der Waals surface area contributed by atoms with Gasteiger partial charge < -0.3 is 5.32 Å². The van der Waals surface area contributed by atoms with E-state index in [0.29, 0.717) is 20.1 Å². The van der Waals surface area contributed by atoms with E-state index in [9.17, 15) is 0 Å². The van der Waals surface area contributed by atoms with Crippen molar-refractivity contribution >= 4 is 52.1 Å². The van der Waals surface area contributed by atoms with E-state index < -0.39 is 0 Å². The van der Waals surface area contributed by atoms with Gasteiger partial charge in [0.05, 0.1) is 31.8 Å². The quantitative estimate of drug-likeness (QED) is 0.602. The number of benzene rings is 2. The van der Waals surface area contributed by atoms with E-state index in [1.165, 1.54) is 0 Å². The van der Waals surface area contributed by atoms with Crippen LogP contribution in [0.5, 0.6) is 0 Å². The lowest BCUT2D eigenvalue weighted by Crippen LogP contribution is -2.08. The molecule has 0 fully saturated rings. The molecule has 0 aliphatic heterocycles. The summed E-state index contributed by atoms with van der Waals surface area (Å²) in [4.78, 5) is 0. The van der Waals surface area contributed by atoms with Gasteiger partial charge >= 0.3 is 0 Å². The minimum atomic E-state index is -0.0440. The van der Waals surface area contributed by atoms with E-state index in [0.717, 1.165) is 16.8 Å². The Morgan fingerprint density at radius 3 is 2.25 bits per heavy atom. The molecule has 0 amide bonds. The predicted molar refractivity (Wildman–Crippen MR) is 89.7 cm³/mol. The smallest absolute Gasteiger partial charge is 0.0782 e. The van der Waals surface area contributed by atoms with Gasteiger partial charge in [-0.25, -0.2) is 0 Å². The molecule has 2 rings (SSSR count). The molecular formula is C15H13Cl4N. The normalized spacial score (nSPS) is 12.3. The predicted octanol–water partition coefficient (Wildman–Crippen LogP) is 6.78. The van der Waals surface area contributed by atoms with Gasteiger partial charge in [0.1, 0.15) is 0 Å². The molecule has 2 aromatic rings. The van der Waals surface area contributed by atoms with E-state index >= 15 is 0 Å². The Hall–Kier alpha value is -0.600. The number of hydrogen-bond donors (Lipinski definition) is 1. The van der Waals surface area contributed by atoms with Crippen LogP contribution in [-0.4, -0.2) is 0 Å². The third kappa shape index (κ3) is 3.35. The van der Waals surface area contributed by atoms with Gasteiger partial charge in [0.15, 0.2) is 0 Å².